The van der Waals surface area contributed by atoms with Crippen LogP contribution in [0.4, 0.5) is 5.00 Å². The van der Waals surface area contributed by atoms with Crippen LogP contribution >= 0.6 is 56.5 Å². The van der Waals surface area contributed by atoms with Crippen molar-refractivity contribution in [3.8, 4) is 5.75 Å². The third-order valence-electron chi connectivity index (χ3n) is 5.37. The summed E-state index contributed by atoms with van der Waals surface area (Å²) in [5.41, 5.74) is 4.00. The maximum absolute atomic E-state index is 13.2. The Labute approximate surface area is 225 Å². The Bertz CT molecular complexity index is 1170. The minimum atomic E-state index is -0.0391. The van der Waals surface area contributed by atoms with Crippen molar-refractivity contribution < 1.29 is 9.53 Å². The third kappa shape index (κ3) is 6.05. The van der Waals surface area contributed by atoms with E-state index in [0.717, 1.165) is 53.8 Å². The highest BCUT2D eigenvalue weighted by molar-refractivity contribution is 14.1. The second kappa shape index (κ2) is 11.6. The maximum Gasteiger partial charge on any atom is 0.254 e. The Morgan fingerprint density at radius 3 is 2.61 bits per heavy atom. The van der Waals surface area contributed by atoms with Gasteiger partial charge in [0, 0.05) is 17.6 Å². The molecular formula is C26H24I2N2O2S. The van der Waals surface area contributed by atoms with Gasteiger partial charge >= 0.3 is 0 Å². The van der Waals surface area contributed by atoms with Crippen molar-refractivity contribution in [1.29, 1.82) is 0 Å². The fourth-order valence-corrected chi connectivity index (χ4v) is 7.17. The van der Waals surface area contributed by atoms with E-state index in [1.165, 1.54) is 16.9 Å². The summed E-state index contributed by atoms with van der Waals surface area (Å²) in [6.07, 6.45) is 7.86. The number of ether oxygens (including phenoxy) is 1. The number of hydrogen-bond acceptors (Lipinski definition) is 4. The van der Waals surface area contributed by atoms with Crippen LogP contribution in [0.25, 0.3) is 0 Å². The molecular weight excluding hydrogens is 658 g/mol. The Hall–Kier alpha value is -1.72. The monoisotopic (exact) mass is 682 g/mol. The van der Waals surface area contributed by atoms with Crippen LogP contribution in [-0.4, -0.2) is 18.7 Å². The van der Waals surface area contributed by atoms with Crippen molar-refractivity contribution >= 4 is 73.6 Å². The summed E-state index contributed by atoms with van der Waals surface area (Å²) >= 11 is 6.22. The first-order chi connectivity index (χ1) is 16.1. The predicted molar refractivity (Wildman–Crippen MR) is 153 cm³/mol. The largest absolute Gasteiger partial charge is 0.487 e. The van der Waals surface area contributed by atoms with Gasteiger partial charge in [-0.05, 0) is 99.7 Å². The van der Waals surface area contributed by atoms with Crippen LogP contribution in [0.2, 0.25) is 0 Å². The number of carbonyl (C=O) groups excluding carboxylic acids is 1. The number of thiophene rings is 1. The van der Waals surface area contributed by atoms with Crippen LogP contribution in [0.15, 0.2) is 60.1 Å². The molecule has 170 valence electrons. The topological polar surface area (TPSA) is 50.7 Å². The van der Waals surface area contributed by atoms with Gasteiger partial charge in [0.2, 0.25) is 0 Å². The molecule has 1 N–H and O–H groups in total. The number of aliphatic imine (C=N–C) groups is 1. The van der Waals surface area contributed by atoms with E-state index in [0.29, 0.717) is 13.2 Å². The zero-order chi connectivity index (χ0) is 23.2. The highest BCUT2D eigenvalue weighted by Gasteiger charge is 2.25. The average molecular weight is 682 g/mol. The standard InChI is InChI=1S/C26H24I2N2O2S/c1-2-12-32-24-20(27)13-18(14-21(24)28)16-30-26-23(19-10-6-7-11-22(19)33-26)25(31)29-15-17-8-4-3-5-9-17/h2-5,8-9,13-14,16H,1,6-7,10-12,15H2,(H,29,31). The van der Waals surface area contributed by atoms with Gasteiger partial charge in [-0.2, -0.15) is 0 Å². The molecule has 1 aliphatic rings. The molecule has 0 aliphatic heterocycles. The summed E-state index contributed by atoms with van der Waals surface area (Å²) in [4.78, 5) is 19.3. The minimum absolute atomic E-state index is 0.0391. The zero-order valence-corrected chi connectivity index (χ0v) is 23.2. The van der Waals surface area contributed by atoms with Crippen molar-refractivity contribution in [2.45, 2.75) is 32.2 Å². The Morgan fingerprint density at radius 1 is 1.15 bits per heavy atom. The highest BCUT2D eigenvalue weighted by Crippen LogP contribution is 2.40. The smallest absolute Gasteiger partial charge is 0.254 e. The van der Waals surface area contributed by atoms with Crippen LogP contribution in [0.1, 0.15) is 44.8 Å². The fraction of sp³-hybridized carbons (Fsp3) is 0.231. The minimum Gasteiger partial charge on any atom is -0.487 e. The van der Waals surface area contributed by atoms with Gasteiger partial charge in [0.05, 0.1) is 12.7 Å². The first-order valence-electron chi connectivity index (χ1n) is 10.8. The van der Waals surface area contributed by atoms with E-state index in [2.05, 4.69) is 57.1 Å². The lowest BCUT2D eigenvalue weighted by atomic mass is 9.95. The summed E-state index contributed by atoms with van der Waals surface area (Å²) in [6, 6.07) is 14.1. The van der Waals surface area contributed by atoms with Crippen LogP contribution in [0, 0.1) is 7.14 Å². The SMILES string of the molecule is C=CCOc1c(I)cc(C=Nc2sc3c(c2C(=O)NCc2ccccc2)CCCC3)cc1I. The summed E-state index contributed by atoms with van der Waals surface area (Å²) in [6.45, 7) is 4.70. The zero-order valence-electron chi connectivity index (χ0n) is 18.1. The molecule has 7 heteroatoms. The molecule has 0 atom stereocenters. The molecule has 0 bridgehead atoms. The van der Waals surface area contributed by atoms with Crippen LogP contribution < -0.4 is 10.1 Å². The van der Waals surface area contributed by atoms with Crippen molar-refractivity contribution in [2.75, 3.05) is 6.61 Å². The molecule has 1 heterocycles. The lowest BCUT2D eigenvalue weighted by Crippen LogP contribution is -2.24. The molecule has 0 unspecified atom stereocenters. The van der Waals surface area contributed by atoms with Crippen LogP contribution in [0.5, 0.6) is 5.75 Å². The number of carbonyl (C=O) groups is 1. The molecule has 33 heavy (non-hydrogen) atoms. The molecule has 0 fully saturated rings. The Balaban J connectivity index is 1.60. The number of fused-ring (bicyclic) bond motifs is 1. The molecule has 3 aromatic rings. The van der Waals surface area contributed by atoms with Crippen molar-refractivity contribution in [1.82, 2.24) is 5.32 Å². The quantitative estimate of drug-likeness (QED) is 0.157. The summed E-state index contributed by atoms with van der Waals surface area (Å²) in [5.74, 6) is 0.823. The number of benzene rings is 2. The van der Waals surface area contributed by atoms with E-state index in [1.807, 2.05) is 48.7 Å². The normalized spacial score (nSPS) is 13.0. The van der Waals surface area contributed by atoms with E-state index in [9.17, 15) is 4.79 Å². The molecule has 0 radical (unpaired) electrons. The number of nitrogens with one attached hydrogen (secondary N) is 1. The van der Waals surface area contributed by atoms with Crippen molar-refractivity contribution in [3.05, 3.63) is 89.4 Å². The first kappa shape index (κ1) is 24.4. The van der Waals surface area contributed by atoms with Gasteiger partial charge in [-0.15, -0.1) is 11.3 Å². The van der Waals surface area contributed by atoms with E-state index in [1.54, 1.807) is 17.4 Å². The van der Waals surface area contributed by atoms with Crippen LogP contribution in [-0.2, 0) is 19.4 Å². The van der Waals surface area contributed by atoms with Crippen LogP contribution in [0.3, 0.4) is 0 Å². The molecule has 4 rings (SSSR count). The molecule has 0 saturated carbocycles. The Kier molecular flexibility index (Phi) is 8.59. The average Bonchev–Trinajstić information content (AvgIpc) is 3.20. The number of nitrogens with zero attached hydrogens (tertiary/aromatic N) is 1. The lowest BCUT2D eigenvalue weighted by molar-refractivity contribution is 0.0951. The summed E-state index contributed by atoms with van der Waals surface area (Å²) in [5, 5.41) is 3.90. The fourth-order valence-electron chi connectivity index (χ4n) is 3.81. The molecule has 1 aromatic heterocycles. The van der Waals surface area contributed by atoms with E-state index >= 15 is 0 Å². The van der Waals surface area contributed by atoms with Gasteiger partial charge in [-0.1, -0.05) is 43.0 Å². The third-order valence-corrected chi connectivity index (χ3v) is 8.18. The number of amides is 1. The number of hydrogen-bond donors (Lipinski definition) is 1. The number of aryl methyl sites for hydroxylation is 1. The predicted octanol–water partition coefficient (Wildman–Crippen LogP) is 7.08. The van der Waals surface area contributed by atoms with Gasteiger partial charge in [-0.25, -0.2) is 4.99 Å². The number of rotatable bonds is 8. The molecule has 0 saturated heterocycles. The van der Waals surface area contributed by atoms with Crippen molar-refractivity contribution in [3.63, 3.8) is 0 Å². The number of halogens is 2. The van der Waals surface area contributed by atoms with E-state index in [-0.39, 0.29) is 5.91 Å². The maximum atomic E-state index is 13.2. The van der Waals surface area contributed by atoms with E-state index in [4.69, 9.17) is 9.73 Å². The lowest BCUT2D eigenvalue weighted by Gasteiger charge is -2.13. The molecule has 1 aliphatic carbocycles. The molecule has 2 aromatic carbocycles. The molecule has 1 amide bonds. The van der Waals surface area contributed by atoms with Gasteiger partial charge < -0.3 is 10.1 Å². The Morgan fingerprint density at radius 2 is 1.88 bits per heavy atom. The van der Waals surface area contributed by atoms with Gasteiger partial charge in [0.15, 0.2) is 0 Å². The van der Waals surface area contributed by atoms with Crippen molar-refractivity contribution in [2.24, 2.45) is 4.99 Å². The van der Waals surface area contributed by atoms with Gasteiger partial charge in [0.1, 0.15) is 17.4 Å². The molecule has 0 spiro atoms. The highest BCUT2D eigenvalue weighted by atomic mass is 127. The summed E-state index contributed by atoms with van der Waals surface area (Å²) < 4.78 is 7.82. The summed E-state index contributed by atoms with van der Waals surface area (Å²) in [7, 11) is 0. The second-order valence-corrected chi connectivity index (χ2v) is 11.1. The van der Waals surface area contributed by atoms with Gasteiger partial charge in [-0.3, -0.25) is 4.79 Å². The van der Waals surface area contributed by atoms with E-state index < -0.39 is 0 Å². The molecule has 4 nitrogen and oxygen atoms in total. The van der Waals surface area contributed by atoms with Gasteiger partial charge in [0.25, 0.3) is 5.91 Å². The second-order valence-electron chi connectivity index (χ2n) is 7.73. The first-order valence-corrected chi connectivity index (χ1v) is 13.8.